The minimum absolute atomic E-state index is 0.447. The molecular formula is C10H14Cl2N2O8Pt. The predicted octanol–water partition coefficient (Wildman–Crippen LogP) is -2.97. The van der Waals surface area contributed by atoms with Crippen molar-refractivity contribution in [3.05, 3.63) is 24.3 Å². The summed E-state index contributed by atoms with van der Waals surface area (Å²) in [5.41, 5.74) is 9.81. The van der Waals surface area contributed by atoms with Gasteiger partial charge in [0.05, 0.1) is 11.9 Å². The third-order valence-corrected chi connectivity index (χ3v) is 0.891. The van der Waals surface area contributed by atoms with Gasteiger partial charge in [-0.2, -0.15) is 0 Å². The van der Waals surface area contributed by atoms with Crippen LogP contribution in [0.2, 0.25) is 0 Å². The molecule has 0 saturated heterocycles. The number of carboxylic acids is 4. The van der Waals surface area contributed by atoms with Crippen LogP contribution in [0.3, 0.4) is 0 Å². The summed E-state index contributed by atoms with van der Waals surface area (Å²) in [4.78, 5) is 37.9. The fourth-order valence-corrected chi connectivity index (χ4v) is 0.279. The molecule has 0 saturated carbocycles. The molecule has 10 nitrogen and oxygen atoms in total. The van der Waals surface area contributed by atoms with E-state index in [1.165, 1.54) is 0 Å². The van der Waals surface area contributed by atoms with Crippen LogP contribution in [-0.2, 0) is 35.7 Å². The van der Waals surface area contributed by atoms with Crippen molar-refractivity contribution in [2.75, 3.05) is 13.1 Å². The molecule has 0 unspecified atom stereocenters. The first-order valence-corrected chi connectivity index (χ1v) is 10.7. The van der Waals surface area contributed by atoms with E-state index in [1.807, 2.05) is 0 Å². The van der Waals surface area contributed by atoms with Gasteiger partial charge in [-0.05, 0) is 12.2 Å². The van der Waals surface area contributed by atoms with Crippen LogP contribution in [0.1, 0.15) is 0 Å². The van der Waals surface area contributed by atoms with Gasteiger partial charge in [-0.15, -0.1) is 0 Å². The van der Waals surface area contributed by atoms with Gasteiger partial charge in [-0.3, -0.25) is 0 Å². The molecule has 0 radical (unpaired) electrons. The van der Waals surface area contributed by atoms with Crippen LogP contribution in [0.15, 0.2) is 24.3 Å². The van der Waals surface area contributed by atoms with Gasteiger partial charge < -0.3 is 41.5 Å². The Labute approximate surface area is 147 Å². The molecule has 0 amide bonds. The first-order chi connectivity index (χ1) is 10.6. The third-order valence-electron chi connectivity index (χ3n) is 0.891. The standard InChI is InChI=1S/2C4H4O4.C2H8N2.2ClH.Pt/c2*5-3(6)1-2-4(7)8;3-1-2-4;;;/h2*1-2H,(H,5,6)(H,7,8);1-4H2;2*1H;/q;;;;;+4/p-4/b2*2-1-;;;;. The average Bonchev–Trinajstić information content (AvgIpc) is 2.45. The molecule has 0 aromatic heterocycles. The average molecular weight is 556 g/mol. The van der Waals surface area contributed by atoms with Crippen LogP contribution in [0.4, 0.5) is 0 Å². The number of carboxylic acid groups (broad SMARTS) is 4. The maximum absolute atomic E-state index is 9.53. The molecule has 0 aromatic rings. The van der Waals surface area contributed by atoms with Crippen LogP contribution in [0.5, 0.6) is 0 Å². The molecule has 0 aromatic carbocycles. The van der Waals surface area contributed by atoms with Gasteiger partial charge in [0.2, 0.25) is 0 Å². The molecule has 0 aliphatic heterocycles. The van der Waals surface area contributed by atoms with Crippen molar-refractivity contribution in [1.82, 2.24) is 0 Å². The fourth-order valence-electron chi connectivity index (χ4n) is 0.279. The molecule has 0 fully saturated rings. The Morgan fingerprint density at radius 1 is 0.826 bits per heavy atom. The molecular weight excluding hydrogens is 542 g/mol. The Morgan fingerprint density at radius 3 is 1.09 bits per heavy atom. The molecule has 23 heavy (non-hydrogen) atoms. The predicted molar refractivity (Wildman–Crippen MR) is 73.4 cm³/mol. The zero-order chi connectivity index (χ0) is 19.3. The number of carbonyl (C=O) groups is 4. The molecule has 136 valence electrons. The molecule has 0 heterocycles. The number of carbonyl (C=O) groups excluding carboxylic acids is 2. The fraction of sp³-hybridized carbons (Fsp3) is 0.200. The quantitative estimate of drug-likeness (QED) is 0.253. The molecule has 0 atom stereocenters. The molecule has 0 bridgehead atoms. The number of hydrogen-bond donors (Lipinski definition) is 4. The molecule has 13 heteroatoms. The topological polar surface area (TPSA) is 207 Å². The first-order valence-electron chi connectivity index (χ1n) is 5.05. The van der Waals surface area contributed by atoms with Gasteiger partial charge >= 0.3 is 47.3 Å². The zero-order valence-corrected chi connectivity index (χ0v) is 15.1. The SMILES string of the molecule is NCCN.O=C([O-])/C=C\C(=O)O.O=C([O-])/C=C\C(=O)O.[Cl][Pt+2][Cl]. The molecule has 6 N–H and O–H groups in total. The number of aliphatic carboxylic acids is 4. The normalized spacial score (nSPS) is 8.87. The Bertz CT molecular complexity index is 336. The Morgan fingerprint density at radius 2 is 1.04 bits per heavy atom. The van der Waals surface area contributed by atoms with E-state index in [9.17, 15) is 29.4 Å². The van der Waals surface area contributed by atoms with Crippen LogP contribution in [0.25, 0.3) is 0 Å². The second-order valence-electron chi connectivity index (χ2n) is 2.60. The Kier molecular flexibility index (Phi) is 32.8. The monoisotopic (exact) mass is 555 g/mol. The van der Waals surface area contributed by atoms with Crippen molar-refractivity contribution < 1.29 is 56.1 Å². The Hall–Kier alpha value is -1.45. The van der Waals surface area contributed by atoms with E-state index in [0.717, 1.165) is 0 Å². The summed E-state index contributed by atoms with van der Waals surface area (Å²) in [6.07, 6.45) is 1.88. The number of halogens is 2. The summed E-state index contributed by atoms with van der Waals surface area (Å²) in [5.74, 6) is -5.61. The van der Waals surface area contributed by atoms with E-state index < -0.39 is 40.4 Å². The summed E-state index contributed by atoms with van der Waals surface area (Å²) in [5, 5.41) is 34.5. The third kappa shape index (κ3) is 77.5. The summed E-state index contributed by atoms with van der Waals surface area (Å²) in [6.45, 7) is 1.19. The van der Waals surface area contributed by atoms with E-state index >= 15 is 0 Å². The van der Waals surface area contributed by atoms with Gasteiger partial charge in [-0.25, -0.2) is 9.59 Å². The van der Waals surface area contributed by atoms with Crippen molar-refractivity contribution in [3.8, 4) is 0 Å². The van der Waals surface area contributed by atoms with Crippen LogP contribution in [0, 0.1) is 0 Å². The van der Waals surface area contributed by atoms with Crippen LogP contribution >= 0.6 is 18.8 Å². The van der Waals surface area contributed by atoms with E-state index in [-0.39, 0.29) is 0 Å². The Balaban J connectivity index is -0.000000113. The van der Waals surface area contributed by atoms with Gasteiger partial charge in [0.1, 0.15) is 0 Å². The summed E-state index contributed by atoms with van der Waals surface area (Å²) >= 11 is -0.472. The number of rotatable bonds is 5. The molecule has 0 rings (SSSR count). The van der Waals surface area contributed by atoms with E-state index in [4.69, 9.17) is 40.5 Å². The first kappa shape index (κ1) is 29.5. The van der Waals surface area contributed by atoms with Gasteiger partial charge in [-0.1, -0.05) is 0 Å². The van der Waals surface area contributed by atoms with Gasteiger partial charge in [0.25, 0.3) is 0 Å². The van der Waals surface area contributed by atoms with E-state index in [2.05, 4.69) is 0 Å². The van der Waals surface area contributed by atoms with Crippen LogP contribution < -0.4 is 21.7 Å². The maximum atomic E-state index is 9.53. The summed E-state index contributed by atoms with van der Waals surface area (Å²) < 4.78 is 0. The zero-order valence-electron chi connectivity index (χ0n) is 11.3. The second kappa shape index (κ2) is 25.5. The van der Waals surface area contributed by atoms with E-state index in [0.29, 0.717) is 37.4 Å². The van der Waals surface area contributed by atoms with Gasteiger partial charge in [0.15, 0.2) is 0 Å². The van der Waals surface area contributed by atoms with Crippen molar-refractivity contribution in [3.63, 3.8) is 0 Å². The number of hydrogen-bond acceptors (Lipinski definition) is 8. The van der Waals surface area contributed by atoms with Crippen molar-refractivity contribution in [2.24, 2.45) is 11.5 Å². The minimum atomic E-state index is -1.51. The molecule has 0 spiro atoms. The van der Waals surface area contributed by atoms with Crippen molar-refractivity contribution in [2.45, 2.75) is 0 Å². The number of nitrogens with two attached hydrogens (primary N) is 2. The molecule has 0 aliphatic rings. The van der Waals surface area contributed by atoms with Crippen molar-refractivity contribution in [1.29, 1.82) is 0 Å². The van der Waals surface area contributed by atoms with E-state index in [1.54, 1.807) is 0 Å². The van der Waals surface area contributed by atoms with Crippen molar-refractivity contribution >= 4 is 42.7 Å². The van der Waals surface area contributed by atoms with Gasteiger partial charge in [0, 0.05) is 25.2 Å². The van der Waals surface area contributed by atoms with Crippen LogP contribution in [-0.4, -0.2) is 47.2 Å². The summed E-state index contributed by atoms with van der Waals surface area (Å²) in [6, 6.07) is 0. The molecule has 0 aliphatic carbocycles. The second-order valence-corrected chi connectivity index (χ2v) is 5.89. The summed E-state index contributed by atoms with van der Waals surface area (Å²) in [7, 11) is 9.75.